The van der Waals surface area contributed by atoms with Gasteiger partial charge in [-0.25, -0.2) is 4.79 Å². The highest BCUT2D eigenvalue weighted by atomic mass is 16.7. The molecule has 1 heterocycles. The molecule has 1 fully saturated rings. The van der Waals surface area contributed by atoms with Gasteiger partial charge in [0.2, 0.25) is 0 Å². The fourth-order valence-corrected chi connectivity index (χ4v) is 2.19. The lowest BCUT2D eigenvalue weighted by Crippen LogP contribution is -2.19. The topological polar surface area (TPSA) is 38.8 Å². The molecule has 0 aliphatic carbocycles. The summed E-state index contributed by atoms with van der Waals surface area (Å²) in [4.78, 5) is 11.9. The number of ether oxygens (including phenoxy) is 2. The summed E-state index contributed by atoms with van der Waals surface area (Å²) < 4.78 is 10.8. The van der Waals surface area contributed by atoms with Gasteiger partial charge in [0, 0.05) is 0 Å². The lowest BCUT2D eigenvalue weighted by molar-refractivity contribution is -0.145. The van der Waals surface area contributed by atoms with Crippen LogP contribution in [0.5, 0.6) is 0 Å². The first-order valence-corrected chi connectivity index (χ1v) is 6.99. The van der Waals surface area contributed by atoms with Gasteiger partial charge in [0.25, 0.3) is 0 Å². The van der Waals surface area contributed by atoms with Crippen LogP contribution in [0.15, 0.2) is 24.3 Å². The Kier molecular flexibility index (Phi) is 4.25. The van der Waals surface area contributed by atoms with E-state index in [0.29, 0.717) is 6.61 Å². The first-order chi connectivity index (χ1) is 9.08. The monoisotopic (exact) mass is 262 g/mol. The van der Waals surface area contributed by atoms with Crippen molar-refractivity contribution < 1.29 is 14.3 Å². The number of esters is 1. The van der Waals surface area contributed by atoms with Crippen LogP contribution < -0.4 is 0 Å². The highest BCUT2D eigenvalue weighted by molar-refractivity contribution is 5.79. The highest BCUT2D eigenvalue weighted by Crippen LogP contribution is 2.46. The van der Waals surface area contributed by atoms with Crippen LogP contribution in [0, 0.1) is 6.92 Å². The molecular formula is C16H22O3. The zero-order valence-electron chi connectivity index (χ0n) is 11.9. The van der Waals surface area contributed by atoms with Crippen LogP contribution in [-0.4, -0.2) is 18.7 Å². The Bertz CT molecular complexity index is 438. The van der Waals surface area contributed by atoms with Crippen molar-refractivity contribution in [2.45, 2.75) is 51.7 Å². The second kappa shape index (κ2) is 5.74. The molecular weight excluding hydrogens is 240 g/mol. The number of carbonyl (C=O) groups is 1. The molecule has 2 atom stereocenters. The molecule has 1 aliphatic rings. The maximum atomic E-state index is 11.9. The highest BCUT2D eigenvalue weighted by Gasteiger charge is 2.59. The Morgan fingerprint density at radius 3 is 2.63 bits per heavy atom. The van der Waals surface area contributed by atoms with Crippen molar-refractivity contribution in [1.29, 1.82) is 0 Å². The van der Waals surface area contributed by atoms with E-state index in [1.807, 2.05) is 38.1 Å². The van der Waals surface area contributed by atoms with E-state index >= 15 is 0 Å². The molecule has 0 spiro atoms. The Balaban J connectivity index is 1.88. The molecule has 1 aromatic rings. The number of rotatable bonds is 6. The van der Waals surface area contributed by atoms with E-state index in [2.05, 4.69) is 6.92 Å². The van der Waals surface area contributed by atoms with E-state index in [4.69, 9.17) is 9.47 Å². The van der Waals surface area contributed by atoms with Crippen LogP contribution >= 0.6 is 0 Å². The van der Waals surface area contributed by atoms with Crippen molar-refractivity contribution in [1.82, 2.24) is 0 Å². The molecule has 3 nitrogen and oxygen atoms in total. The quantitative estimate of drug-likeness (QED) is 0.448. The second-order valence-corrected chi connectivity index (χ2v) is 5.35. The van der Waals surface area contributed by atoms with E-state index in [9.17, 15) is 4.79 Å². The average molecular weight is 262 g/mol. The van der Waals surface area contributed by atoms with E-state index in [-0.39, 0.29) is 5.97 Å². The number of epoxide rings is 1. The molecule has 1 aliphatic heterocycles. The number of hydrogen-bond donors (Lipinski definition) is 0. The second-order valence-electron chi connectivity index (χ2n) is 5.35. The van der Waals surface area contributed by atoms with Gasteiger partial charge in [0.05, 0.1) is 6.61 Å². The molecule has 2 rings (SSSR count). The van der Waals surface area contributed by atoms with Crippen LogP contribution in [0.3, 0.4) is 0 Å². The number of benzene rings is 1. The smallest absolute Gasteiger partial charge is 0.338 e. The molecule has 1 aromatic carbocycles. The van der Waals surface area contributed by atoms with Gasteiger partial charge in [-0.15, -0.1) is 0 Å². The summed E-state index contributed by atoms with van der Waals surface area (Å²) in [5.41, 5.74) is 1.73. The van der Waals surface area contributed by atoms with Crippen molar-refractivity contribution in [3.63, 3.8) is 0 Å². The molecule has 19 heavy (non-hydrogen) atoms. The van der Waals surface area contributed by atoms with Gasteiger partial charge in [0.1, 0.15) is 5.60 Å². The lowest BCUT2D eigenvalue weighted by atomic mass is 9.96. The summed E-state index contributed by atoms with van der Waals surface area (Å²) in [5, 5.41) is 0. The van der Waals surface area contributed by atoms with Gasteiger partial charge in [-0.2, -0.15) is 0 Å². The first kappa shape index (κ1) is 14.1. The summed E-state index contributed by atoms with van der Waals surface area (Å²) in [6, 6.07) is 8.09. The number of aryl methyl sites for hydroxylation is 1. The van der Waals surface area contributed by atoms with Crippen molar-refractivity contribution in [3.05, 3.63) is 35.4 Å². The van der Waals surface area contributed by atoms with Crippen molar-refractivity contribution in [2.75, 3.05) is 6.61 Å². The van der Waals surface area contributed by atoms with Crippen LogP contribution in [-0.2, 0) is 19.9 Å². The van der Waals surface area contributed by atoms with Gasteiger partial charge >= 0.3 is 5.97 Å². The van der Waals surface area contributed by atoms with E-state index < -0.39 is 11.7 Å². The minimum atomic E-state index is -0.504. The van der Waals surface area contributed by atoms with Gasteiger partial charge in [-0.3, -0.25) is 0 Å². The summed E-state index contributed by atoms with van der Waals surface area (Å²) in [6.07, 6.45) is 2.69. The van der Waals surface area contributed by atoms with Gasteiger partial charge in [-0.1, -0.05) is 49.6 Å². The molecule has 0 N–H and O–H groups in total. The van der Waals surface area contributed by atoms with Crippen LogP contribution in [0.25, 0.3) is 0 Å². The predicted molar refractivity (Wildman–Crippen MR) is 73.9 cm³/mol. The molecule has 0 aromatic heterocycles. The molecule has 3 heteroatoms. The Labute approximate surface area is 114 Å². The maximum Gasteiger partial charge on any atom is 0.338 e. The summed E-state index contributed by atoms with van der Waals surface area (Å²) in [6.45, 7) is 6.60. The average Bonchev–Trinajstić information content (AvgIpc) is 3.09. The molecule has 104 valence electrons. The normalized spacial score (nSPS) is 25.1. The zero-order chi connectivity index (χ0) is 13.9. The van der Waals surface area contributed by atoms with E-state index in [1.165, 1.54) is 5.56 Å². The molecule has 0 saturated carbocycles. The largest absolute Gasteiger partial charge is 0.464 e. The molecule has 0 radical (unpaired) electrons. The third kappa shape index (κ3) is 3.16. The fourth-order valence-electron chi connectivity index (χ4n) is 2.19. The Morgan fingerprint density at radius 2 is 2.00 bits per heavy atom. The van der Waals surface area contributed by atoms with Crippen LogP contribution in [0.4, 0.5) is 0 Å². The van der Waals surface area contributed by atoms with Gasteiger partial charge in [0.15, 0.2) is 6.10 Å². The number of unbranched alkanes of at least 4 members (excludes halogenated alkanes) is 2. The first-order valence-electron chi connectivity index (χ1n) is 6.99. The predicted octanol–water partition coefficient (Wildman–Crippen LogP) is 3.34. The van der Waals surface area contributed by atoms with Crippen LogP contribution in [0.2, 0.25) is 0 Å². The molecule has 0 amide bonds. The van der Waals surface area contributed by atoms with Gasteiger partial charge in [-0.05, 0) is 25.8 Å². The standard InChI is InChI=1S/C16H22O3/c1-4-5-6-11-18-15(17)14-16(3,19-14)13-9-7-12(2)8-10-13/h7-10,14H,4-6,11H2,1-3H3. The van der Waals surface area contributed by atoms with E-state index in [1.54, 1.807) is 0 Å². The molecule has 2 unspecified atom stereocenters. The Morgan fingerprint density at radius 1 is 1.32 bits per heavy atom. The molecule has 1 saturated heterocycles. The third-order valence-corrected chi connectivity index (χ3v) is 3.64. The number of hydrogen-bond acceptors (Lipinski definition) is 3. The van der Waals surface area contributed by atoms with Crippen LogP contribution in [0.1, 0.15) is 44.2 Å². The van der Waals surface area contributed by atoms with Crippen molar-refractivity contribution in [2.24, 2.45) is 0 Å². The van der Waals surface area contributed by atoms with Crippen molar-refractivity contribution in [3.8, 4) is 0 Å². The fraction of sp³-hybridized carbons (Fsp3) is 0.562. The molecule has 0 bridgehead atoms. The number of carbonyl (C=O) groups excluding carboxylic acids is 1. The summed E-state index contributed by atoms with van der Waals surface area (Å²) in [7, 11) is 0. The summed E-state index contributed by atoms with van der Waals surface area (Å²) >= 11 is 0. The van der Waals surface area contributed by atoms with Crippen molar-refractivity contribution >= 4 is 5.97 Å². The van der Waals surface area contributed by atoms with Gasteiger partial charge < -0.3 is 9.47 Å². The third-order valence-electron chi connectivity index (χ3n) is 3.64. The maximum absolute atomic E-state index is 11.9. The Hall–Kier alpha value is -1.35. The minimum absolute atomic E-state index is 0.237. The lowest BCUT2D eigenvalue weighted by Gasteiger charge is -2.07. The summed E-state index contributed by atoms with van der Waals surface area (Å²) in [5.74, 6) is -0.237. The SMILES string of the molecule is CCCCCOC(=O)C1OC1(C)c1ccc(C)cc1. The van der Waals surface area contributed by atoms with E-state index in [0.717, 1.165) is 24.8 Å². The zero-order valence-corrected chi connectivity index (χ0v) is 11.9. The minimum Gasteiger partial charge on any atom is -0.464 e.